The lowest BCUT2D eigenvalue weighted by atomic mass is 10.0. The van der Waals surface area contributed by atoms with Crippen LogP contribution in [-0.4, -0.2) is 46.0 Å². The van der Waals surface area contributed by atoms with Crippen molar-refractivity contribution in [1.82, 2.24) is 20.5 Å². The van der Waals surface area contributed by atoms with Gasteiger partial charge in [0.25, 0.3) is 5.91 Å². The number of benzene rings is 2. The van der Waals surface area contributed by atoms with E-state index in [0.29, 0.717) is 21.5 Å². The van der Waals surface area contributed by atoms with Crippen LogP contribution >= 0.6 is 23.2 Å². The van der Waals surface area contributed by atoms with Gasteiger partial charge in [-0.2, -0.15) is 0 Å². The normalized spacial score (nSPS) is 15.9. The van der Waals surface area contributed by atoms with Gasteiger partial charge in [0, 0.05) is 28.7 Å². The number of halogens is 3. The molecule has 2 aromatic carbocycles. The van der Waals surface area contributed by atoms with Crippen LogP contribution in [0.4, 0.5) is 9.18 Å². The molecule has 1 fully saturated rings. The van der Waals surface area contributed by atoms with E-state index in [1.807, 2.05) is 0 Å². The Morgan fingerprint density at radius 3 is 2.61 bits per heavy atom. The number of nitrogens with one attached hydrogen (secondary N) is 3. The monoisotopic (exact) mass is 490 g/mol. The Morgan fingerprint density at radius 2 is 1.91 bits per heavy atom. The summed E-state index contributed by atoms with van der Waals surface area (Å²) in [5.74, 6) is -2.03. The average Bonchev–Trinajstić information content (AvgIpc) is 3.32. The highest BCUT2D eigenvalue weighted by molar-refractivity contribution is 6.31. The van der Waals surface area contributed by atoms with Gasteiger partial charge in [-0.3, -0.25) is 9.59 Å². The van der Waals surface area contributed by atoms with E-state index in [9.17, 15) is 18.8 Å². The summed E-state index contributed by atoms with van der Waals surface area (Å²) in [4.78, 5) is 42.3. The van der Waals surface area contributed by atoms with E-state index >= 15 is 0 Å². The number of amides is 4. The maximum Gasteiger partial charge on any atom is 0.330 e. The van der Waals surface area contributed by atoms with Crippen LogP contribution in [0.5, 0.6) is 0 Å². The molecule has 11 heteroatoms. The van der Waals surface area contributed by atoms with Crippen molar-refractivity contribution < 1.29 is 23.9 Å². The molecular weight excluding hydrogens is 474 g/mol. The van der Waals surface area contributed by atoms with Crippen molar-refractivity contribution in [1.29, 1.82) is 0 Å². The van der Waals surface area contributed by atoms with Gasteiger partial charge in [-0.15, -0.1) is 0 Å². The molecule has 2 heterocycles. The van der Waals surface area contributed by atoms with Gasteiger partial charge in [0.1, 0.15) is 11.7 Å². The number of imide groups is 1. The second kappa shape index (κ2) is 9.22. The van der Waals surface area contributed by atoms with E-state index in [4.69, 9.17) is 28.3 Å². The van der Waals surface area contributed by atoms with Crippen molar-refractivity contribution in [2.75, 3.05) is 13.2 Å². The van der Waals surface area contributed by atoms with Crippen LogP contribution in [0.25, 0.3) is 17.0 Å². The average molecular weight is 491 g/mol. The van der Waals surface area contributed by atoms with E-state index in [0.717, 1.165) is 4.90 Å². The number of carbonyl (C=O) groups is 3. The molecule has 4 N–H and O–H groups in total. The van der Waals surface area contributed by atoms with Gasteiger partial charge in [0.15, 0.2) is 5.82 Å². The molecular formula is C22H17Cl2FN4O4. The maximum atomic E-state index is 14.2. The topological polar surface area (TPSA) is 115 Å². The number of aromatic nitrogens is 1. The van der Waals surface area contributed by atoms with E-state index in [1.54, 1.807) is 6.07 Å². The summed E-state index contributed by atoms with van der Waals surface area (Å²) in [5, 5.41) is 14.8. The quantitative estimate of drug-likeness (QED) is 0.313. The number of rotatable bonds is 6. The molecule has 0 bridgehead atoms. The molecule has 1 aromatic heterocycles. The first-order valence-electron chi connectivity index (χ1n) is 9.77. The van der Waals surface area contributed by atoms with Crippen molar-refractivity contribution >= 4 is 58.0 Å². The van der Waals surface area contributed by atoms with E-state index in [-0.39, 0.29) is 29.4 Å². The number of fused-ring (bicyclic) bond motifs is 1. The SMILES string of the molecule is O=C(NCCO)C(c1ccc(Cl)cc1)N1C(=O)N/C(=C\c2c[nH]c3c(F)c(Cl)ccc23)C1=O. The van der Waals surface area contributed by atoms with Gasteiger partial charge in [-0.25, -0.2) is 14.1 Å². The summed E-state index contributed by atoms with van der Waals surface area (Å²) >= 11 is 11.7. The van der Waals surface area contributed by atoms with Crippen molar-refractivity contribution in [3.8, 4) is 0 Å². The minimum absolute atomic E-state index is 0.0559. The second-order valence-electron chi connectivity index (χ2n) is 7.16. The van der Waals surface area contributed by atoms with Crippen molar-refractivity contribution in [3.05, 3.63) is 75.3 Å². The van der Waals surface area contributed by atoms with Gasteiger partial charge >= 0.3 is 6.03 Å². The molecule has 4 rings (SSSR count). The molecule has 1 aliphatic heterocycles. The van der Waals surface area contributed by atoms with Crippen LogP contribution in [0, 0.1) is 5.82 Å². The number of H-pyrrole nitrogens is 1. The Labute approximate surface area is 197 Å². The number of aromatic amines is 1. The number of hydrogen-bond acceptors (Lipinski definition) is 4. The minimum Gasteiger partial charge on any atom is -0.395 e. The molecule has 0 radical (unpaired) electrons. The lowest BCUT2D eigenvalue weighted by molar-refractivity contribution is -0.133. The second-order valence-corrected chi connectivity index (χ2v) is 8.00. The molecule has 4 amide bonds. The molecule has 170 valence electrons. The summed E-state index contributed by atoms with van der Waals surface area (Å²) in [5.41, 5.74) is 0.859. The van der Waals surface area contributed by atoms with Crippen molar-refractivity contribution in [2.45, 2.75) is 6.04 Å². The molecule has 0 aliphatic carbocycles. The highest BCUT2D eigenvalue weighted by atomic mass is 35.5. The van der Waals surface area contributed by atoms with Gasteiger partial charge in [0.05, 0.1) is 17.1 Å². The third kappa shape index (κ3) is 4.30. The number of aliphatic hydroxyl groups is 1. The molecule has 1 aliphatic rings. The molecule has 0 saturated carbocycles. The first-order chi connectivity index (χ1) is 15.8. The van der Waals surface area contributed by atoms with E-state index in [2.05, 4.69) is 15.6 Å². The Balaban J connectivity index is 1.71. The Morgan fingerprint density at radius 1 is 1.18 bits per heavy atom. The zero-order valence-corrected chi connectivity index (χ0v) is 18.4. The molecule has 1 atom stereocenters. The van der Waals surface area contributed by atoms with E-state index < -0.39 is 29.7 Å². The third-order valence-corrected chi connectivity index (χ3v) is 5.63. The third-order valence-electron chi connectivity index (χ3n) is 5.09. The highest BCUT2D eigenvalue weighted by Crippen LogP contribution is 2.31. The predicted molar refractivity (Wildman–Crippen MR) is 121 cm³/mol. The number of hydrogen-bond donors (Lipinski definition) is 4. The summed E-state index contributed by atoms with van der Waals surface area (Å²) in [7, 11) is 0. The Bertz CT molecular complexity index is 1290. The van der Waals surface area contributed by atoms with Gasteiger partial charge < -0.3 is 20.7 Å². The molecule has 33 heavy (non-hydrogen) atoms. The highest BCUT2D eigenvalue weighted by Gasteiger charge is 2.42. The van der Waals surface area contributed by atoms with E-state index in [1.165, 1.54) is 42.6 Å². The van der Waals surface area contributed by atoms with Gasteiger partial charge in [-0.05, 0) is 29.8 Å². The van der Waals surface area contributed by atoms with Gasteiger partial charge in [0.2, 0.25) is 5.91 Å². The van der Waals surface area contributed by atoms with Crippen LogP contribution in [0.1, 0.15) is 17.2 Å². The molecule has 0 spiro atoms. The first-order valence-corrected chi connectivity index (χ1v) is 10.5. The largest absolute Gasteiger partial charge is 0.395 e. The minimum atomic E-state index is -1.30. The van der Waals surface area contributed by atoms with Crippen LogP contribution in [0.3, 0.4) is 0 Å². The van der Waals surface area contributed by atoms with Crippen LogP contribution in [0.15, 0.2) is 48.3 Å². The van der Waals surface area contributed by atoms with Crippen LogP contribution in [-0.2, 0) is 9.59 Å². The lowest BCUT2D eigenvalue weighted by Gasteiger charge is -2.24. The fourth-order valence-electron chi connectivity index (χ4n) is 3.56. The predicted octanol–water partition coefficient (Wildman–Crippen LogP) is 3.36. The van der Waals surface area contributed by atoms with Crippen molar-refractivity contribution in [3.63, 3.8) is 0 Å². The summed E-state index contributed by atoms with van der Waals surface area (Å²) in [6, 6.07) is 6.99. The van der Waals surface area contributed by atoms with Crippen LogP contribution < -0.4 is 10.6 Å². The number of aliphatic hydroxyl groups excluding tert-OH is 1. The van der Waals surface area contributed by atoms with Crippen molar-refractivity contribution in [2.24, 2.45) is 0 Å². The smallest absolute Gasteiger partial charge is 0.330 e. The summed E-state index contributed by atoms with van der Waals surface area (Å²) in [6.07, 6.45) is 2.86. The zero-order chi connectivity index (χ0) is 23.7. The van der Waals surface area contributed by atoms with Gasteiger partial charge in [-0.1, -0.05) is 41.4 Å². The fraction of sp³-hybridized carbons (Fsp3) is 0.136. The molecule has 8 nitrogen and oxygen atoms in total. The Hall–Kier alpha value is -3.40. The standard InChI is InChI=1S/C22H17Cl2FN4O4/c23-13-3-1-11(2-4-13)19(20(31)26-7-8-30)29-21(32)16(28-22(29)33)9-12-10-27-18-14(12)5-6-15(24)17(18)25/h1-6,9-10,19,27,30H,7-8H2,(H,26,31)(H,28,33)/b16-9-. The molecule has 1 unspecified atom stereocenters. The first kappa shape index (κ1) is 22.8. The number of urea groups is 1. The lowest BCUT2D eigenvalue weighted by Crippen LogP contribution is -2.44. The number of carbonyl (C=O) groups excluding carboxylic acids is 3. The number of nitrogens with zero attached hydrogens (tertiary/aromatic N) is 1. The zero-order valence-electron chi connectivity index (χ0n) is 16.9. The fourth-order valence-corrected chi connectivity index (χ4v) is 3.84. The maximum absolute atomic E-state index is 14.2. The molecule has 3 aromatic rings. The Kier molecular flexibility index (Phi) is 6.37. The summed E-state index contributed by atoms with van der Waals surface area (Å²) < 4.78 is 14.2. The molecule has 1 saturated heterocycles. The van der Waals surface area contributed by atoms with Crippen LogP contribution in [0.2, 0.25) is 10.0 Å². The summed E-state index contributed by atoms with van der Waals surface area (Å²) in [6.45, 7) is -0.371.